The van der Waals surface area contributed by atoms with Crippen LogP contribution in [-0.4, -0.2) is 64.0 Å². The number of hydrogen-bond acceptors (Lipinski definition) is 6. The zero-order valence-corrected chi connectivity index (χ0v) is 17.0. The Morgan fingerprint density at radius 2 is 2.27 bits per heavy atom. The fourth-order valence-electron chi connectivity index (χ4n) is 3.81. The minimum atomic E-state index is -1.10. The number of aliphatic carboxylic acids is 1. The first-order chi connectivity index (χ1) is 14.4. The number of pyridine rings is 1. The maximum Gasteiger partial charge on any atom is 0.306 e. The normalized spacial score (nSPS) is 21.3. The van der Waals surface area contributed by atoms with Gasteiger partial charge in [-0.05, 0) is 37.8 Å². The highest BCUT2D eigenvalue weighted by Crippen LogP contribution is 2.21. The van der Waals surface area contributed by atoms with Gasteiger partial charge in [-0.15, -0.1) is 6.42 Å². The molecule has 30 heavy (non-hydrogen) atoms. The Hall–Kier alpha value is -3.12. The van der Waals surface area contributed by atoms with Crippen molar-refractivity contribution in [3.05, 3.63) is 23.4 Å². The Labute approximate surface area is 175 Å². The summed E-state index contributed by atoms with van der Waals surface area (Å²) < 4.78 is 0. The molecule has 1 saturated heterocycles. The fraction of sp³-hybridized carbons (Fsp3) is 0.524. The van der Waals surface area contributed by atoms with Crippen molar-refractivity contribution >= 4 is 23.6 Å². The summed E-state index contributed by atoms with van der Waals surface area (Å²) in [5.74, 6) is 1.42. The van der Waals surface area contributed by atoms with Gasteiger partial charge in [-0.3, -0.25) is 14.4 Å². The van der Waals surface area contributed by atoms with Crippen LogP contribution < -0.4 is 16.0 Å². The van der Waals surface area contributed by atoms with Crippen LogP contribution in [0.3, 0.4) is 0 Å². The number of hydrogen-bond donors (Lipinski definition) is 4. The maximum atomic E-state index is 12.8. The molecule has 2 aliphatic rings. The lowest BCUT2D eigenvalue weighted by molar-refractivity contribution is -0.138. The molecule has 0 saturated carbocycles. The van der Waals surface area contributed by atoms with E-state index in [1.165, 1.54) is 10.5 Å². The highest BCUT2D eigenvalue weighted by Gasteiger charge is 2.37. The lowest BCUT2D eigenvalue weighted by atomic mass is 10.1. The number of aryl methyl sites for hydroxylation is 1. The van der Waals surface area contributed by atoms with Crippen molar-refractivity contribution in [2.45, 2.75) is 57.3 Å². The van der Waals surface area contributed by atoms with Crippen LogP contribution >= 0.6 is 0 Å². The zero-order chi connectivity index (χ0) is 21.7. The quantitative estimate of drug-likeness (QED) is 0.446. The Morgan fingerprint density at radius 1 is 1.47 bits per heavy atom. The van der Waals surface area contributed by atoms with E-state index in [1.54, 1.807) is 0 Å². The van der Waals surface area contributed by atoms with E-state index in [0.717, 1.165) is 30.9 Å². The van der Waals surface area contributed by atoms with Crippen LogP contribution in [0.4, 0.5) is 5.82 Å². The number of fused-ring (bicyclic) bond motifs is 1. The second kappa shape index (κ2) is 9.59. The molecule has 1 fully saturated rings. The van der Waals surface area contributed by atoms with Gasteiger partial charge in [0.2, 0.25) is 11.8 Å². The molecule has 1 aromatic rings. The van der Waals surface area contributed by atoms with Crippen molar-refractivity contribution in [3.8, 4) is 12.3 Å². The molecule has 3 unspecified atom stereocenters. The minimum Gasteiger partial charge on any atom is -0.481 e. The van der Waals surface area contributed by atoms with Crippen molar-refractivity contribution in [3.63, 3.8) is 0 Å². The Balaban J connectivity index is 1.53. The third-order valence-electron chi connectivity index (χ3n) is 5.40. The number of carboxylic acid groups (broad SMARTS) is 1. The molecular weight excluding hydrogens is 386 g/mol. The van der Waals surface area contributed by atoms with Gasteiger partial charge in [0.1, 0.15) is 11.9 Å². The molecule has 0 radical (unpaired) electrons. The number of carbonyl (C=O) groups is 3. The molecular formula is C21H27N5O4. The molecule has 1 aromatic heterocycles. The maximum absolute atomic E-state index is 12.8. The summed E-state index contributed by atoms with van der Waals surface area (Å²) in [5.41, 5.74) is 2.06. The summed E-state index contributed by atoms with van der Waals surface area (Å²) in [7, 11) is 0. The van der Waals surface area contributed by atoms with E-state index in [0.29, 0.717) is 13.0 Å². The van der Waals surface area contributed by atoms with E-state index in [-0.39, 0.29) is 24.9 Å². The van der Waals surface area contributed by atoms with Crippen LogP contribution in [0.2, 0.25) is 0 Å². The smallest absolute Gasteiger partial charge is 0.306 e. The van der Waals surface area contributed by atoms with Gasteiger partial charge >= 0.3 is 5.97 Å². The van der Waals surface area contributed by atoms with Gasteiger partial charge in [0.25, 0.3) is 0 Å². The molecule has 9 heteroatoms. The summed E-state index contributed by atoms with van der Waals surface area (Å²) >= 11 is 0. The Bertz CT molecular complexity index is 865. The molecule has 2 amide bonds. The summed E-state index contributed by atoms with van der Waals surface area (Å²) in [4.78, 5) is 41.9. The van der Waals surface area contributed by atoms with Crippen LogP contribution in [0.1, 0.15) is 37.4 Å². The second-order valence-electron chi connectivity index (χ2n) is 7.71. The van der Waals surface area contributed by atoms with Crippen LogP contribution in [-0.2, 0) is 27.3 Å². The molecule has 0 bridgehead atoms. The first-order valence-corrected chi connectivity index (χ1v) is 10.1. The molecule has 4 N–H and O–H groups in total. The molecule has 3 heterocycles. The van der Waals surface area contributed by atoms with Crippen LogP contribution in [0.15, 0.2) is 12.1 Å². The van der Waals surface area contributed by atoms with E-state index in [4.69, 9.17) is 11.5 Å². The van der Waals surface area contributed by atoms with E-state index in [2.05, 4.69) is 32.9 Å². The van der Waals surface area contributed by atoms with Gasteiger partial charge in [-0.1, -0.05) is 12.0 Å². The van der Waals surface area contributed by atoms with Crippen molar-refractivity contribution in [1.29, 1.82) is 0 Å². The Kier molecular flexibility index (Phi) is 6.90. The van der Waals surface area contributed by atoms with Gasteiger partial charge < -0.3 is 26.0 Å². The van der Waals surface area contributed by atoms with Crippen LogP contribution in [0.25, 0.3) is 0 Å². The van der Waals surface area contributed by atoms with Crippen molar-refractivity contribution in [1.82, 2.24) is 20.5 Å². The second-order valence-corrected chi connectivity index (χ2v) is 7.71. The van der Waals surface area contributed by atoms with Crippen molar-refractivity contribution in [2.75, 3.05) is 18.4 Å². The van der Waals surface area contributed by atoms with Crippen molar-refractivity contribution in [2.24, 2.45) is 0 Å². The molecule has 0 spiro atoms. The van der Waals surface area contributed by atoms with Gasteiger partial charge in [0, 0.05) is 19.1 Å². The van der Waals surface area contributed by atoms with Gasteiger partial charge in [-0.2, -0.15) is 0 Å². The number of carboxylic acids is 1. The van der Waals surface area contributed by atoms with E-state index in [9.17, 15) is 14.4 Å². The number of nitrogens with zero attached hydrogens (tertiary/aromatic N) is 2. The SMILES string of the molecule is C#CC(CC(=O)O)NC(=O)CN1C(=O)C(NCc2ccc3c(n2)NCCC3)CC1C. The molecule has 9 nitrogen and oxygen atoms in total. The molecule has 2 aliphatic heterocycles. The number of carbonyl (C=O) groups excluding carboxylic acids is 2. The predicted molar refractivity (Wildman–Crippen MR) is 110 cm³/mol. The highest BCUT2D eigenvalue weighted by molar-refractivity contribution is 5.89. The lowest BCUT2D eigenvalue weighted by Crippen LogP contribution is -2.46. The van der Waals surface area contributed by atoms with Crippen LogP contribution in [0, 0.1) is 12.3 Å². The molecule has 0 aromatic carbocycles. The number of anilines is 1. The Morgan fingerprint density at radius 3 is 3.00 bits per heavy atom. The number of amides is 2. The summed E-state index contributed by atoms with van der Waals surface area (Å²) in [6.07, 6.45) is 7.59. The standard InChI is InChI=1S/C21H27N5O4/c1-3-15(10-19(28)29)24-18(27)12-26-13(2)9-17(21(26)30)23-11-16-7-6-14-5-4-8-22-20(14)25-16/h1,6-7,13,15,17,23H,4-5,8-12H2,2H3,(H,22,25)(H,24,27)(H,28,29). The van der Waals surface area contributed by atoms with E-state index < -0.39 is 24.0 Å². The number of likely N-dealkylation sites (tertiary alicyclic amines) is 1. The van der Waals surface area contributed by atoms with E-state index >= 15 is 0 Å². The monoisotopic (exact) mass is 413 g/mol. The zero-order valence-electron chi connectivity index (χ0n) is 17.0. The summed E-state index contributed by atoms with van der Waals surface area (Å²) in [5, 5.41) is 17.8. The number of nitrogens with one attached hydrogen (secondary N) is 3. The van der Waals surface area contributed by atoms with Gasteiger partial charge in [0.05, 0.1) is 24.7 Å². The number of aromatic nitrogens is 1. The molecule has 160 valence electrons. The first-order valence-electron chi connectivity index (χ1n) is 10.1. The van der Waals surface area contributed by atoms with Crippen molar-refractivity contribution < 1.29 is 19.5 Å². The molecule has 3 atom stereocenters. The number of rotatable bonds is 8. The first kappa shape index (κ1) is 21.6. The third kappa shape index (κ3) is 5.27. The summed E-state index contributed by atoms with van der Waals surface area (Å²) in [6, 6.07) is 2.61. The number of terminal acetylenes is 1. The fourth-order valence-corrected chi connectivity index (χ4v) is 3.81. The predicted octanol–water partition coefficient (Wildman–Crippen LogP) is 0.111. The lowest BCUT2D eigenvalue weighted by Gasteiger charge is -2.22. The molecule has 0 aliphatic carbocycles. The average molecular weight is 413 g/mol. The largest absolute Gasteiger partial charge is 0.481 e. The highest BCUT2D eigenvalue weighted by atomic mass is 16.4. The summed E-state index contributed by atoms with van der Waals surface area (Å²) in [6.45, 7) is 3.09. The topological polar surface area (TPSA) is 124 Å². The van der Waals surface area contributed by atoms with Gasteiger partial charge in [-0.25, -0.2) is 4.98 Å². The van der Waals surface area contributed by atoms with Crippen LogP contribution in [0.5, 0.6) is 0 Å². The van der Waals surface area contributed by atoms with Gasteiger partial charge in [0.15, 0.2) is 0 Å². The molecule has 3 rings (SSSR count). The third-order valence-corrected chi connectivity index (χ3v) is 5.40. The average Bonchev–Trinajstić information content (AvgIpc) is 2.98. The van der Waals surface area contributed by atoms with E-state index in [1.807, 2.05) is 13.0 Å². The minimum absolute atomic E-state index is 0.123.